The molecule has 0 spiro atoms. The zero-order chi connectivity index (χ0) is 12.3. The van der Waals surface area contributed by atoms with Crippen LogP contribution in [-0.2, 0) is 0 Å². The number of anilines is 1. The number of hydrazone groups is 1. The fourth-order valence-electron chi connectivity index (χ4n) is 1.04. The summed E-state index contributed by atoms with van der Waals surface area (Å²) in [5, 5.41) is 14.1. The third-order valence-corrected chi connectivity index (χ3v) is 2.66. The predicted octanol–water partition coefficient (Wildman–Crippen LogP) is 0.684. The average Bonchev–Trinajstić information content (AvgIpc) is 2.70. The zero-order valence-corrected chi connectivity index (χ0v) is 10.1. The Morgan fingerprint density at radius 2 is 2.29 bits per heavy atom. The summed E-state index contributed by atoms with van der Waals surface area (Å²) in [5.74, 6) is 0.198. The summed E-state index contributed by atoms with van der Waals surface area (Å²) >= 11 is 1.54. The van der Waals surface area contributed by atoms with Crippen LogP contribution < -0.4 is 11.0 Å². The summed E-state index contributed by atoms with van der Waals surface area (Å²) in [6.45, 7) is 3.50. The lowest BCUT2D eigenvalue weighted by Crippen LogP contribution is -2.15. The van der Waals surface area contributed by atoms with Gasteiger partial charge in [0.05, 0.1) is 16.9 Å². The van der Waals surface area contributed by atoms with Crippen LogP contribution in [0.5, 0.6) is 0 Å². The van der Waals surface area contributed by atoms with E-state index >= 15 is 0 Å². The third-order valence-electron chi connectivity index (χ3n) is 1.86. The van der Waals surface area contributed by atoms with Crippen LogP contribution in [0.1, 0.15) is 16.4 Å². The van der Waals surface area contributed by atoms with Gasteiger partial charge in [0, 0.05) is 5.38 Å². The van der Waals surface area contributed by atoms with Crippen molar-refractivity contribution in [1.82, 2.24) is 20.2 Å². The van der Waals surface area contributed by atoms with Gasteiger partial charge < -0.3 is 0 Å². The molecular weight excluding hydrogens is 240 g/mol. The van der Waals surface area contributed by atoms with Crippen molar-refractivity contribution in [3.63, 3.8) is 0 Å². The van der Waals surface area contributed by atoms with Crippen molar-refractivity contribution >= 4 is 23.5 Å². The highest BCUT2D eigenvalue weighted by Crippen LogP contribution is 2.05. The number of nitrogens with zero attached hydrogens (tertiary/aromatic N) is 4. The maximum absolute atomic E-state index is 11.2. The van der Waals surface area contributed by atoms with Gasteiger partial charge in [-0.3, -0.25) is 9.78 Å². The second-order valence-electron chi connectivity index (χ2n) is 3.25. The highest BCUT2D eigenvalue weighted by atomic mass is 32.1. The Bertz CT molecular complexity index is 602. The fourth-order valence-corrected chi connectivity index (χ4v) is 1.61. The number of H-pyrrole nitrogens is 1. The second-order valence-corrected chi connectivity index (χ2v) is 4.31. The van der Waals surface area contributed by atoms with Crippen LogP contribution in [0.2, 0.25) is 0 Å². The molecule has 0 radical (unpaired) electrons. The van der Waals surface area contributed by atoms with E-state index in [9.17, 15) is 4.79 Å². The molecule has 0 saturated heterocycles. The first kappa shape index (κ1) is 11.4. The Morgan fingerprint density at radius 3 is 2.94 bits per heavy atom. The maximum atomic E-state index is 11.2. The van der Waals surface area contributed by atoms with Gasteiger partial charge in [-0.05, 0) is 13.8 Å². The molecule has 2 rings (SSSR count). The standard InChI is InChI=1S/C9H10N6OS/c1-5-8(16)12-9(15-13-5)14-10-3-7-4-17-6(2)11-7/h3-4H,1-2H3,(H2,12,14,15,16)/b10-3-. The summed E-state index contributed by atoms with van der Waals surface area (Å²) in [6, 6.07) is 0. The topological polar surface area (TPSA) is 95.9 Å². The molecule has 0 aromatic carbocycles. The Hall–Kier alpha value is -2.09. The fraction of sp³-hybridized carbons (Fsp3) is 0.222. The Morgan fingerprint density at radius 1 is 1.47 bits per heavy atom. The number of hydrogen-bond donors (Lipinski definition) is 2. The van der Waals surface area contributed by atoms with Gasteiger partial charge in [-0.15, -0.1) is 21.5 Å². The molecule has 17 heavy (non-hydrogen) atoms. The number of thiazole rings is 1. The molecule has 2 N–H and O–H groups in total. The normalized spacial score (nSPS) is 10.9. The van der Waals surface area contributed by atoms with E-state index in [1.807, 2.05) is 12.3 Å². The second kappa shape index (κ2) is 4.83. The summed E-state index contributed by atoms with van der Waals surface area (Å²) < 4.78 is 0. The van der Waals surface area contributed by atoms with Crippen LogP contribution in [0.25, 0.3) is 0 Å². The van der Waals surface area contributed by atoms with Gasteiger partial charge >= 0.3 is 0 Å². The molecule has 0 bridgehead atoms. The van der Waals surface area contributed by atoms with Crippen LogP contribution >= 0.6 is 11.3 Å². The van der Waals surface area contributed by atoms with Gasteiger partial charge in [0.2, 0.25) is 5.95 Å². The molecule has 0 aliphatic heterocycles. The van der Waals surface area contributed by atoms with E-state index in [1.54, 1.807) is 13.1 Å². The Labute approximate surface area is 101 Å². The summed E-state index contributed by atoms with van der Waals surface area (Å²) in [6.07, 6.45) is 1.54. The summed E-state index contributed by atoms with van der Waals surface area (Å²) in [5.41, 5.74) is 3.35. The van der Waals surface area contributed by atoms with Crippen molar-refractivity contribution in [2.24, 2.45) is 5.10 Å². The van der Waals surface area contributed by atoms with Crippen LogP contribution in [0.4, 0.5) is 5.95 Å². The minimum Gasteiger partial charge on any atom is -0.288 e. The maximum Gasteiger partial charge on any atom is 0.274 e. The molecule has 0 saturated carbocycles. The summed E-state index contributed by atoms with van der Waals surface area (Å²) in [4.78, 5) is 17.9. The summed E-state index contributed by atoms with van der Waals surface area (Å²) in [7, 11) is 0. The molecule has 0 amide bonds. The lowest BCUT2D eigenvalue weighted by atomic mass is 10.5. The van der Waals surface area contributed by atoms with Crippen LogP contribution in [-0.4, -0.2) is 26.4 Å². The number of hydrogen-bond acceptors (Lipinski definition) is 7. The molecule has 2 heterocycles. The van der Waals surface area contributed by atoms with Gasteiger partial charge in [-0.1, -0.05) is 0 Å². The Kier molecular flexibility index (Phi) is 3.24. The lowest BCUT2D eigenvalue weighted by Gasteiger charge is -1.96. The van der Waals surface area contributed by atoms with E-state index in [1.165, 1.54) is 11.3 Å². The van der Waals surface area contributed by atoms with Crippen LogP contribution in [0.15, 0.2) is 15.3 Å². The molecule has 8 heteroatoms. The largest absolute Gasteiger partial charge is 0.288 e. The SMILES string of the molecule is Cc1nc(/C=N\Nc2nnc(C)c(=O)[nH]2)cs1. The minimum atomic E-state index is -0.290. The van der Waals surface area contributed by atoms with E-state index in [-0.39, 0.29) is 11.5 Å². The number of aromatic amines is 1. The van der Waals surface area contributed by atoms with E-state index in [0.717, 1.165) is 10.7 Å². The number of aromatic nitrogens is 4. The molecule has 0 fully saturated rings. The van der Waals surface area contributed by atoms with Crippen LogP contribution in [0.3, 0.4) is 0 Å². The third kappa shape index (κ3) is 2.94. The number of nitrogens with one attached hydrogen (secondary N) is 2. The van der Waals surface area contributed by atoms with Crippen molar-refractivity contribution in [2.45, 2.75) is 13.8 Å². The van der Waals surface area contributed by atoms with Crippen molar-refractivity contribution in [3.8, 4) is 0 Å². The Balaban J connectivity index is 2.04. The molecule has 88 valence electrons. The molecule has 0 atom stereocenters. The first-order valence-electron chi connectivity index (χ1n) is 4.80. The lowest BCUT2D eigenvalue weighted by molar-refractivity contribution is 0.897. The van der Waals surface area contributed by atoms with Gasteiger partial charge in [-0.2, -0.15) is 5.10 Å². The van der Waals surface area contributed by atoms with E-state index < -0.39 is 0 Å². The zero-order valence-electron chi connectivity index (χ0n) is 9.26. The molecular formula is C9H10N6OS. The van der Waals surface area contributed by atoms with Gasteiger partial charge in [0.15, 0.2) is 0 Å². The van der Waals surface area contributed by atoms with Crippen molar-refractivity contribution in [1.29, 1.82) is 0 Å². The smallest absolute Gasteiger partial charge is 0.274 e. The highest BCUT2D eigenvalue weighted by Gasteiger charge is 1.98. The average molecular weight is 250 g/mol. The first-order valence-corrected chi connectivity index (χ1v) is 5.68. The van der Waals surface area contributed by atoms with Crippen molar-refractivity contribution < 1.29 is 0 Å². The molecule has 2 aromatic heterocycles. The van der Waals surface area contributed by atoms with Gasteiger partial charge in [0.25, 0.3) is 5.56 Å². The predicted molar refractivity (Wildman–Crippen MR) is 65.5 cm³/mol. The van der Waals surface area contributed by atoms with E-state index in [0.29, 0.717) is 5.69 Å². The quantitative estimate of drug-likeness (QED) is 0.617. The molecule has 0 aliphatic rings. The molecule has 2 aromatic rings. The van der Waals surface area contributed by atoms with E-state index in [4.69, 9.17) is 0 Å². The van der Waals surface area contributed by atoms with Gasteiger partial charge in [0.1, 0.15) is 5.69 Å². The number of aryl methyl sites for hydroxylation is 2. The van der Waals surface area contributed by atoms with E-state index in [2.05, 4.69) is 30.7 Å². The van der Waals surface area contributed by atoms with Crippen molar-refractivity contribution in [3.05, 3.63) is 32.1 Å². The van der Waals surface area contributed by atoms with Crippen LogP contribution in [0, 0.1) is 13.8 Å². The molecule has 0 aliphatic carbocycles. The molecule has 0 unspecified atom stereocenters. The minimum absolute atomic E-state index is 0.198. The van der Waals surface area contributed by atoms with Gasteiger partial charge in [-0.25, -0.2) is 10.4 Å². The van der Waals surface area contributed by atoms with Crippen molar-refractivity contribution in [2.75, 3.05) is 5.43 Å². The number of rotatable bonds is 3. The monoisotopic (exact) mass is 250 g/mol. The first-order chi connectivity index (χ1) is 8.15. The highest BCUT2D eigenvalue weighted by molar-refractivity contribution is 7.09. The molecule has 7 nitrogen and oxygen atoms in total.